The number of benzene rings is 9. The van der Waals surface area contributed by atoms with Crippen LogP contribution in [0.4, 0.5) is 17.1 Å². The highest BCUT2D eigenvalue weighted by Gasteiger charge is 2.22. The molecular formula is C54H37NO. The largest absolute Gasteiger partial charge is 0.453 e. The number of hydrogen-bond donors (Lipinski definition) is 0. The molecule has 0 fully saturated rings. The minimum Gasteiger partial charge on any atom is -0.453 e. The van der Waals surface area contributed by atoms with Crippen molar-refractivity contribution >= 4 is 39.0 Å². The fourth-order valence-electron chi connectivity index (χ4n) is 7.84. The number of furan rings is 1. The van der Waals surface area contributed by atoms with Crippen molar-refractivity contribution in [3.63, 3.8) is 0 Å². The summed E-state index contributed by atoms with van der Waals surface area (Å²) in [5.74, 6) is 0. The smallest absolute Gasteiger partial charge is 0.159 e. The predicted molar refractivity (Wildman–Crippen MR) is 236 cm³/mol. The molecule has 0 spiro atoms. The number of hydrogen-bond acceptors (Lipinski definition) is 2. The van der Waals surface area contributed by atoms with E-state index in [4.69, 9.17) is 4.42 Å². The van der Waals surface area contributed by atoms with Gasteiger partial charge in [0.1, 0.15) is 5.58 Å². The van der Waals surface area contributed by atoms with E-state index in [9.17, 15) is 0 Å². The Kier molecular flexibility index (Phi) is 8.55. The van der Waals surface area contributed by atoms with Crippen molar-refractivity contribution in [2.24, 2.45) is 0 Å². The van der Waals surface area contributed by atoms with Gasteiger partial charge in [0, 0.05) is 27.7 Å². The Bertz CT molecular complexity index is 2820. The summed E-state index contributed by atoms with van der Waals surface area (Å²) in [6.45, 7) is 0. The van der Waals surface area contributed by atoms with E-state index in [1.807, 2.05) is 0 Å². The third-order valence-electron chi connectivity index (χ3n) is 10.7. The quantitative estimate of drug-likeness (QED) is 0.156. The first kappa shape index (κ1) is 33.2. The molecule has 0 aliphatic heterocycles. The first-order valence-electron chi connectivity index (χ1n) is 19.1. The lowest BCUT2D eigenvalue weighted by Gasteiger charge is -2.26. The second-order valence-corrected chi connectivity index (χ2v) is 14.1. The second kappa shape index (κ2) is 14.4. The van der Waals surface area contributed by atoms with Crippen molar-refractivity contribution in [2.75, 3.05) is 4.90 Å². The Hall–Kier alpha value is -7.42. The van der Waals surface area contributed by atoms with Gasteiger partial charge in [0.25, 0.3) is 0 Å². The second-order valence-electron chi connectivity index (χ2n) is 14.1. The van der Waals surface area contributed by atoms with Gasteiger partial charge < -0.3 is 9.32 Å². The van der Waals surface area contributed by atoms with E-state index < -0.39 is 0 Å². The third kappa shape index (κ3) is 6.24. The zero-order valence-corrected chi connectivity index (χ0v) is 30.7. The molecule has 0 saturated carbocycles. The van der Waals surface area contributed by atoms with Crippen LogP contribution in [0.25, 0.3) is 77.6 Å². The summed E-state index contributed by atoms with van der Waals surface area (Å²) < 4.78 is 7.11. The predicted octanol–water partition coefficient (Wildman–Crippen LogP) is 15.4. The van der Waals surface area contributed by atoms with Gasteiger partial charge >= 0.3 is 0 Å². The van der Waals surface area contributed by atoms with Gasteiger partial charge in [-0.1, -0.05) is 182 Å². The maximum atomic E-state index is 7.11. The fraction of sp³-hybridized carbons (Fsp3) is 0. The number of fused-ring (bicyclic) bond motifs is 3. The summed E-state index contributed by atoms with van der Waals surface area (Å²) in [6.07, 6.45) is 0. The summed E-state index contributed by atoms with van der Waals surface area (Å²) in [5, 5.41) is 2.16. The van der Waals surface area contributed by atoms with E-state index in [-0.39, 0.29) is 0 Å². The van der Waals surface area contributed by atoms with Crippen molar-refractivity contribution in [3.05, 3.63) is 224 Å². The summed E-state index contributed by atoms with van der Waals surface area (Å²) in [5.41, 5.74) is 16.4. The van der Waals surface area contributed by atoms with Crippen LogP contribution in [-0.2, 0) is 0 Å². The molecule has 0 aliphatic rings. The highest BCUT2D eigenvalue weighted by Crippen LogP contribution is 2.46. The molecular weight excluding hydrogens is 679 g/mol. The molecule has 56 heavy (non-hydrogen) atoms. The molecule has 0 bridgehead atoms. The summed E-state index contributed by atoms with van der Waals surface area (Å²) in [6, 6.07) is 79.8. The number of nitrogens with zero attached hydrogens (tertiary/aromatic N) is 1. The third-order valence-corrected chi connectivity index (χ3v) is 10.7. The van der Waals surface area contributed by atoms with Crippen LogP contribution in [0.1, 0.15) is 0 Å². The van der Waals surface area contributed by atoms with Crippen molar-refractivity contribution in [2.45, 2.75) is 0 Å². The summed E-state index contributed by atoms with van der Waals surface area (Å²) in [7, 11) is 0. The highest BCUT2D eigenvalue weighted by molar-refractivity contribution is 6.15. The number of rotatable bonds is 8. The molecule has 0 radical (unpaired) electrons. The van der Waals surface area contributed by atoms with Gasteiger partial charge in [0.15, 0.2) is 5.58 Å². The molecule has 0 amide bonds. The highest BCUT2D eigenvalue weighted by atomic mass is 16.3. The molecule has 1 aromatic heterocycles. The van der Waals surface area contributed by atoms with E-state index >= 15 is 0 Å². The Morgan fingerprint density at radius 2 is 0.661 bits per heavy atom. The lowest BCUT2D eigenvalue weighted by Crippen LogP contribution is -2.10. The van der Waals surface area contributed by atoms with Crippen LogP contribution in [0.15, 0.2) is 229 Å². The summed E-state index contributed by atoms with van der Waals surface area (Å²) in [4.78, 5) is 2.32. The van der Waals surface area contributed by atoms with Crippen LogP contribution in [0.2, 0.25) is 0 Å². The Morgan fingerprint density at radius 3 is 1.12 bits per heavy atom. The van der Waals surface area contributed by atoms with Crippen molar-refractivity contribution < 1.29 is 4.42 Å². The first-order valence-corrected chi connectivity index (χ1v) is 19.1. The van der Waals surface area contributed by atoms with Gasteiger partial charge in [0.05, 0.1) is 5.69 Å². The van der Waals surface area contributed by atoms with E-state index in [1.54, 1.807) is 0 Å². The average Bonchev–Trinajstić information content (AvgIpc) is 3.67. The average molecular weight is 716 g/mol. The fourth-order valence-corrected chi connectivity index (χ4v) is 7.84. The molecule has 0 N–H and O–H groups in total. The van der Waals surface area contributed by atoms with Gasteiger partial charge in [-0.3, -0.25) is 0 Å². The number of para-hydroxylation sites is 1. The van der Waals surface area contributed by atoms with Crippen LogP contribution in [0.5, 0.6) is 0 Å². The summed E-state index contributed by atoms with van der Waals surface area (Å²) >= 11 is 0. The van der Waals surface area contributed by atoms with Gasteiger partial charge in [-0.15, -0.1) is 0 Å². The topological polar surface area (TPSA) is 16.4 Å². The molecule has 2 nitrogen and oxygen atoms in total. The van der Waals surface area contributed by atoms with Crippen LogP contribution < -0.4 is 4.90 Å². The molecule has 0 unspecified atom stereocenters. The molecule has 10 rings (SSSR count). The molecule has 1 heterocycles. The van der Waals surface area contributed by atoms with Gasteiger partial charge in [-0.25, -0.2) is 0 Å². The zero-order valence-electron chi connectivity index (χ0n) is 30.7. The Labute approximate surface area is 327 Å². The van der Waals surface area contributed by atoms with Gasteiger partial charge in [0.2, 0.25) is 0 Å². The maximum Gasteiger partial charge on any atom is 0.159 e. The van der Waals surface area contributed by atoms with Crippen LogP contribution >= 0.6 is 0 Å². The SMILES string of the molecule is c1ccc(-c2ccc(-c3cc(-c4ccccc4)c4oc5c(N(c6ccc(-c7ccccc7)cc6)c6ccc(-c7ccccc7)cc6)cccc5c4c3)cc2)cc1. The van der Waals surface area contributed by atoms with E-state index in [0.717, 1.165) is 61.3 Å². The van der Waals surface area contributed by atoms with E-state index in [0.29, 0.717) is 0 Å². The minimum atomic E-state index is 0.843. The molecule has 0 saturated heterocycles. The monoisotopic (exact) mass is 715 g/mol. The van der Waals surface area contributed by atoms with E-state index in [1.165, 1.54) is 33.4 Å². The molecule has 2 heteroatoms. The Balaban J connectivity index is 1.15. The molecule has 0 aliphatic carbocycles. The van der Waals surface area contributed by atoms with Crippen molar-refractivity contribution in [3.8, 4) is 55.6 Å². The Morgan fingerprint density at radius 1 is 0.268 bits per heavy atom. The van der Waals surface area contributed by atoms with E-state index in [2.05, 4.69) is 229 Å². The normalized spacial score (nSPS) is 11.2. The minimum absolute atomic E-state index is 0.843. The van der Waals surface area contributed by atoms with Crippen molar-refractivity contribution in [1.82, 2.24) is 0 Å². The zero-order chi connectivity index (χ0) is 37.3. The van der Waals surface area contributed by atoms with Crippen LogP contribution in [-0.4, -0.2) is 0 Å². The molecule has 264 valence electrons. The number of anilines is 3. The lowest BCUT2D eigenvalue weighted by atomic mass is 9.94. The molecule has 9 aromatic carbocycles. The first-order chi connectivity index (χ1) is 27.8. The maximum absolute atomic E-state index is 7.11. The van der Waals surface area contributed by atoms with Gasteiger partial charge in [-0.05, 0) is 92.5 Å². The molecule has 0 atom stereocenters. The lowest BCUT2D eigenvalue weighted by molar-refractivity contribution is 0.670. The van der Waals surface area contributed by atoms with Gasteiger partial charge in [-0.2, -0.15) is 0 Å². The van der Waals surface area contributed by atoms with Crippen LogP contribution in [0, 0.1) is 0 Å². The molecule has 10 aromatic rings. The van der Waals surface area contributed by atoms with Crippen molar-refractivity contribution in [1.29, 1.82) is 0 Å². The van der Waals surface area contributed by atoms with Crippen LogP contribution in [0.3, 0.4) is 0 Å². The standard InChI is InChI=1S/C54H37NO/c1-5-14-38(15-6-1)41-24-26-44(27-25-41)46-36-50(45-20-11-4-12-21-45)53-51(37-46)49-22-13-23-52(54(49)56-53)55(47-32-28-42(29-33-47)39-16-7-2-8-17-39)48-34-30-43(31-35-48)40-18-9-3-10-19-40/h1-37H.